The highest BCUT2D eigenvalue weighted by Gasteiger charge is 2.19. The number of nitrogens with one attached hydrogen (secondary N) is 1. The van der Waals surface area contributed by atoms with Crippen molar-refractivity contribution >= 4 is 10.0 Å². The maximum absolute atomic E-state index is 12.3. The molecule has 0 radical (unpaired) electrons. The van der Waals surface area contributed by atoms with Crippen LogP contribution in [0.5, 0.6) is 5.75 Å². The molecule has 5 nitrogen and oxygen atoms in total. The molecular weight excluding hydrogens is 312 g/mol. The zero-order chi connectivity index (χ0) is 16.9. The van der Waals surface area contributed by atoms with Crippen LogP contribution in [0.2, 0.25) is 0 Å². The Morgan fingerprint density at radius 3 is 2.65 bits per heavy atom. The summed E-state index contributed by atoms with van der Waals surface area (Å²) in [6.45, 7) is 1.76. The van der Waals surface area contributed by atoms with Gasteiger partial charge in [-0.05, 0) is 30.7 Å². The van der Waals surface area contributed by atoms with Crippen molar-refractivity contribution in [1.29, 1.82) is 5.26 Å². The average molecular weight is 330 g/mol. The van der Waals surface area contributed by atoms with Gasteiger partial charge in [0.2, 0.25) is 10.0 Å². The number of benzene rings is 2. The van der Waals surface area contributed by atoms with Crippen LogP contribution in [-0.4, -0.2) is 15.5 Å². The van der Waals surface area contributed by atoms with Crippen LogP contribution in [-0.2, 0) is 15.8 Å². The summed E-state index contributed by atoms with van der Waals surface area (Å²) >= 11 is 0. The number of nitrogens with zero attached hydrogens (tertiary/aromatic N) is 1. The topological polar surface area (TPSA) is 79.2 Å². The van der Waals surface area contributed by atoms with E-state index in [1.54, 1.807) is 44.4 Å². The predicted octanol–water partition coefficient (Wildman–Crippen LogP) is 2.75. The number of nitriles is 1. The molecule has 0 spiro atoms. The van der Waals surface area contributed by atoms with Crippen LogP contribution in [0.15, 0.2) is 48.5 Å². The summed E-state index contributed by atoms with van der Waals surface area (Å²) in [7, 11) is -2.00. The smallest absolute Gasteiger partial charge is 0.216 e. The molecule has 1 atom stereocenters. The fraction of sp³-hybridized carbons (Fsp3) is 0.235. The first-order chi connectivity index (χ1) is 10.9. The lowest BCUT2D eigenvalue weighted by Gasteiger charge is -2.17. The Morgan fingerprint density at radius 1 is 1.22 bits per heavy atom. The summed E-state index contributed by atoms with van der Waals surface area (Å²) in [5.74, 6) is 0.455. The van der Waals surface area contributed by atoms with Crippen LogP contribution in [0.1, 0.15) is 29.7 Å². The van der Waals surface area contributed by atoms with Crippen molar-refractivity contribution in [2.24, 2.45) is 0 Å². The molecule has 2 aromatic carbocycles. The Balaban J connectivity index is 2.16. The zero-order valence-corrected chi connectivity index (χ0v) is 13.8. The largest absolute Gasteiger partial charge is 0.496 e. The van der Waals surface area contributed by atoms with E-state index in [0.717, 1.165) is 5.56 Å². The fourth-order valence-corrected chi connectivity index (χ4v) is 3.72. The molecule has 2 rings (SSSR count). The molecule has 0 saturated carbocycles. The van der Waals surface area contributed by atoms with E-state index in [0.29, 0.717) is 16.9 Å². The molecule has 0 aliphatic rings. The van der Waals surface area contributed by atoms with Crippen molar-refractivity contribution in [3.05, 3.63) is 65.2 Å². The molecule has 6 heteroatoms. The van der Waals surface area contributed by atoms with E-state index in [2.05, 4.69) is 4.72 Å². The lowest BCUT2D eigenvalue weighted by atomic mass is 10.1. The lowest BCUT2D eigenvalue weighted by molar-refractivity contribution is 0.405. The molecule has 0 aromatic heterocycles. The van der Waals surface area contributed by atoms with Crippen molar-refractivity contribution < 1.29 is 13.2 Å². The highest BCUT2D eigenvalue weighted by atomic mass is 32.2. The van der Waals surface area contributed by atoms with Gasteiger partial charge in [0.1, 0.15) is 5.75 Å². The van der Waals surface area contributed by atoms with Gasteiger partial charge in [0.25, 0.3) is 0 Å². The van der Waals surface area contributed by atoms with E-state index >= 15 is 0 Å². The van der Waals surface area contributed by atoms with Gasteiger partial charge in [-0.1, -0.05) is 30.3 Å². The van der Waals surface area contributed by atoms with Crippen molar-refractivity contribution in [3.63, 3.8) is 0 Å². The molecule has 0 aliphatic carbocycles. The third-order valence-corrected chi connectivity index (χ3v) is 4.80. The molecule has 1 N–H and O–H groups in total. The molecule has 0 heterocycles. The number of para-hydroxylation sites is 1. The molecule has 1 unspecified atom stereocenters. The summed E-state index contributed by atoms with van der Waals surface area (Å²) in [5, 5.41) is 8.88. The van der Waals surface area contributed by atoms with Gasteiger partial charge in [-0.25, -0.2) is 13.1 Å². The van der Waals surface area contributed by atoms with Gasteiger partial charge in [-0.3, -0.25) is 0 Å². The Morgan fingerprint density at radius 2 is 1.96 bits per heavy atom. The molecule has 0 bridgehead atoms. The first-order valence-corrected chi connectivity index (χ1v) is 8.72. The molecule has 120 valence electrons. The molecular formula is C17H18N2O3S. The van der Waals surface area contributed by atoms with Crippen molar-refractivity contribution in [3.8, 4) is 11.8 Å². The Bertz CT molecular complexity index is 826. The number of sulfonamides is 1. The van der Waals surface area contributed by atoms with Gasteiger partial charge >= 0.3 is 0 Å². The summed E-state index contributed by atoms with van der Waals surface area (Å²) in [6.07, 6.45) is 0. The lowest BCUT2D eigenvalue weighted by Crippen LogP contribution is -2.28. The molecule has 0 fully saturated rings. The molecule has 0 aliphatic heterocycles. The van der Waals surface area contributed by atoms with E-state index in [9.17, 15) is 8.42 Å². The second-order valence-electron chi connectivity index (χ2n) is 5.15. The number of ether oxygens (including phenoxy) is 1. The Hall–Kier alpha value is -2.36. The second-order valence-corrected chi connectivity index (χ2v) is 6.91. The SMILES string of the molecule is COc1ccccc1C(C)NS(=O)(=O)Cc1cccc(C#N)c1. The van der Waals surface area contributed by atoms with E-state index in [1.165, 1.54) is 0 Å². The van der Waals surface area contributed by atoms with Gasteiger partial charge < -0.3 is 4.74 Å². The van der Waals surface area contributed by atoms with Crippen LogP contribution < -0.4 is 9.46 Å². The number of hydrogen-bond donors (Lipinski definition) is 1. The quantitative estimate of drug-likeness (QED) is 0.883. The summed E-state index contributed by atoms with van der Waals surface area (Å²) in [5.41, 5.74) is 1.78. The monoisotopic (exact) mass is 330 g/mol. The minimum Gasteiger partial charge on any atom is -0.496 e. The zero-order valence-electron chi connectivity index (χ0n) is 13.0. The van der Waals surface area contributed by atoms with Crippen LogP contribution >= 0.6 is 0 Å². The minimum atomic E-state index is -3.55. The second kappa shape index (κ2) is 7.27. The fourth-order valence-electron chi connectivity index (χ4n) is 2.35. The normalized spacial score (nSPS) is 12.4. The summed E-state index contributed by atoms with van der Waals surface area (Å²) in [6, 6.07) is 15.4. The van der Waals surface area contributed by atoms with Crippen LogP contribution in [0.25, 0.3) is 0 Å². The maximum Gasteiger partial charge on any atom is 0.216 e. The van der Waals surface area contributed by atoms with Gasteiger partial charge in [0.05, 0.1) is 24.5 Å². The number of rotatable bonds is 6. The average Bonchev–Trinajstić information content (AvgIpc) is 2.54. The van der Waals surface area contributed by atoms with Crippen LogP contribution in [0, 0.1) is 11.3 Å². The molecule has 23 heavy (non-hydrogen) atoms. The first kappa shape index (κ1) is 17.0. The van der Waals surface area contributed by atoms with Gasteiger partial charge in [-0.2, -0.15) is 5.26 Å². The molecule has 0 amide bonds. The maximum atomic E-state index is 12.3. The van der Waals surface area contributed by atoms with E-state index in [4.69, 9.17) is 10.00 Å². The van der Waals surface area contributed by atoms with Crippen LogP contribution in [0.3, 0.4) is 0 Å². The van der Waals surface area contributed by atoms with E-state index < -0.39 is 16.1 Å². The number of hydrogen-bond acceptors (Lipinski definition) is 4. The summed E-state index contributed by atoms with van der Waals surface area (Å²) in [4.78, 5) is 0. The van der Waals surface area contributed by atoms with E-state index in [-0.39, 0.29) is 5.75 Å². The van der Waals surface area contributed by atoms with Gasteiger partial charge in [0.15, 0.2) is 0 Å². The van der Waals surface area contributed by atoms with Crippen molar-refractivity contribution in [2.75, 3.05) is 7.11 Å². The highest BCUT2D eigenvalue weighted by Crippen LogP contribution is 2.25. The van der Waals surface area contributed by atoms with Crippen molar-refractivity contribution in [2.45, 2.75) is 18.7 Å². The number of methoxy groups -OCH3 is 1. The van der Waals surface area contributed by atoms with Gasteiger partial charge in [-0.15, -0.1) is 0 Å². The minimum absolute atomic E-state index is 0.179. The molecule has 0 saturated heterocycles. The Kier molecular flexibility index (Phi) is 5.37. The predicted molar refractivity (Wildman–Crippen MR) is 88.3 cm³/mol. The standard InChI is InChI=1S/C17H18N2O3S/c1-13(16-8-3-4-9-17(16)22-2)19-23(20,21)12-15-7-5-6-14(10-15)11-18/h3-10,13,19H,12H2,1-2H3. The molecule has 2 aromatic rings. The summed E-state index contributed by atoms with van der Waals surface area (Å²) < 4.78 is 32.6. The Labute approximate surface area is 136 Å². The first-order valence-electron chi connectivity index (χ1n) is 7.07. The van der Waals surface area contributed by atoms with Crippen LogP contribution in [0.4, 0.5) is 0 Å². The van der Waals surface area contributed by atoms with E-state index in [1.807, 2.05) is 24.3 Å². The highest BCUT2D eigenvalue weighted by molar-refractivity contribution is 7.88. The third kappa shape index (κ3) is 4.55. The third-order valence-electron chi connectivity index (χ3n) is 3.37. The van der Waals surface area contributed by atoms with Crippen molar-refractivity contribution in [1.82, 2.24) is 4.72 Å². The van der Waals surface area contributed by atoms with Gasteiger partial charge in [0, 0.05) is 11.6 Å².